The summed E-state index contributed by atoms with van der Waals surface area (Å²) in [5.74, 6) is 0.183. The third-order valence-corrected chi connectivity index (χ3v) is 4.44. The zero-order valence-electron chi connectivity index (χ0n) is 11.7. The fraction of sp³-hybridized carbons (Fsp3) is 0.143. The van der Waals surface area contributed by atoms with E-state index in [1.807, 2.05) is 36.6 Å². The Hall–Kier alpha value is -2.19. The molecule has 2 aromatic heterocycles. The van der Waals surface area contributed by atoms with Gasteiger partial charge >= 0.3 is 0 Å². The normalized spacial score (nSPS) is 10.6. The van der Waals surface area contributed by atoms with Crippen molar-refractivity contribution >= 4 is 34.7 Å². The molecule has 8 heteroatoms. The van der Waals surface area contributed by atoms with E-state index in [2.05, 4.69) is 25.5 Å². The Morgan fingerprint density at radius 1 is 1.45 bits per heavy atom. The molecule has 0 aliphatic heterocycles. The second-order valence-corrected chi connectivity index (χ2v) is 6.49. The van der Waals surface area contributed by atoms with E-state index in [1.165, 1.54) is 18.1 Å². The van der Waals surface area contributed by atoms with Crippen LogP contribution in [0.4, 0.5) is 5.69 Å². The van der Waals surface area contributed by atoms with Crippen LogP contribution >= 0.6 is 23.1 Å². The topological polar surface area (TPSA) is 83.6 Å². The van der Waals surface area contributed by atoms with Crippen LogP contribution in [0, 0.1) is 6.92 Å². The lowest BCUT2D eigenvalue weighted by atomic mass is 10.1. The van der Waals surface area contributed by atoms with Crippen molar-refractivity contribution in [2.75, 3.05) is 11.1 Å². The molecule has 3 aromatic rings. The van der Waals surface area contributed by atoms with Crippen LogP contribution < -0.4 is 5.32 Å². The third kappa shape index (κ3) is 3.71. The Labute approximate surface area is 135 Å². The van der Waals surface area contributed by atoms with E-state index in [0.717, 1.165) is 22.0 Å². The molecule has 0 spiro atoms. The van der Waals surface area contributed by atoms with Crippen molar-refractivity contribution in [2.24, 2.45) is 0 Å². The number of thioether (sulfide) groups is 1. The minimum atomic E-state index is -0.0898. The molecule has 0 saturated carbocycles. The molecule has 0 fully saturated rings. The van der Waals surface area contributed by atoms with Gasteiger partial charge in [0.15, 0.2) is 5.16 Å². The van der Waals surface area contributed by atoms with Gasteiger partial charge in [-0.15, -0.1) is 11.3 Å². The van der Waals surface area contributed by atoms with E-state index < -0.39 is 0 Å². The van der Waals surface area contributed by atoms with Gasteiger partial charge in [-0.25, -0.2) is 9.97 Å². The van der Waals surface area contributed by atoms with Crippen LogP contribution in [0.2, 0.25) is 0 Å². The maximum absolute atomic E-state index is 12.0. The van der Waals surface area contributed by atoms with Gasteiger partial charge in [0.2, 0.25) is 5.91 Å². The number of H-pyrrole nitrogens is 1. The molecule has 2 N–H and O–H groups in total. The summed E-state index contributed by atoms with van der Waals surface area (Å²) in [6.07, 6.45) is 1.42. The summed E-state index contributed by atoms with van der Waals surface area (Å²) in [5, 5.41) is 13.0. The van der Waals surface area contributed by atoms with Crippen LogP contribution in [0.25, 0.3) is 11.3 Å². The highest BCUT2D eigenvalue weighted by Gasteiger charge is 2.07. The molecule has 1 amide bonds. The summed E-state index contributed by atoms with van der Waals surface area (Å²) < 4.78 is 0. The Morgan fingerprint density at radius 3 is 3.09 bits per heavy atom. The Bertz CT molecular complexity index is 769. The number of hydrogen-bond donors (Lipinski definition) is 2. The quantitative estimate of drug-likeness (QED) is 0.702. The number of carbonyl (C=O) groups is 1. The summed E-state index contributed by atoms with van der Waals surface area (Å²) in [6, 6.07) is 7.67. The highest BCUT2D eigenvalue weighted by Crippen LogP contribution is 2.24. The SMILES string of the molecule is Cc1nc(-c2cccc(NC(=O)CSc3ncn[nH]3)c2)cs1. The maximum atomic E-state index is 12.0. The summed E-state index contributed by atoms with van der Waals surface area (Å²) in [4.78, 5) is 20.4. The fourth-order valence-corrected chi connectivity index (χ4v) is 3.05. The fourth-order valence-electron chi connectivity index (χ4n) is 1.85. The lowest BCUT2D eigenvalue weighted by Gasteiger charge is -2.06. The lowest BCUT2D eigenvalue weighted by molar-refractivity contribution is -0.113. The number of nitrogens with zero attached hydrogens (tertiary/aromatic N) is 3. The average molecular weight is 331 g/mol. The van der Waals surface area contributed by atoms with Crippen molar-refractivity contribution in [1.29, 1.82) is 0 Å². The molecule has 6 nitrogen and oxygen atoms in total. The lowest BCUT2D eigenvalue weighted by Crippen LogP contribution is -2.14. The van der Waals surface area contributed by atoms with Crippen molar-refractivity contribution in [3.8, 4) is 11.3 Å². The highest BCUT2D eigenvalue weighted by atomic mass is 32.2. The van der Waals surface area contributed by atoms with Gasteiger partial charge in [0, 0.05) is 16.6 Å². The number of aromatic nitrogens is 4. The summed E-state index contributed by atoms with van der Waals surface area (Å²) in [7, 11) is 0. The van der Waals surface area contributed by atoms with E-state index in [0.29, 0.717) is 5.16 Å². The molecule has 0 aliphatic carbocycles. The van der Waals surface area contributed by atoms with E-state index >= 15 is 0 Å². The molecule has 0 atom stereocenters. The van der Waals surface area contributed by atoms with Crippen LogP contribution in [0.15, 0.2) is 41.1 Å². The second kappa shape index (κ2) is 6.71. The Balaban J connectivity index is 1.63. The number of nitrogens with one attached hydrogen (secondary N) is 2. The van der Waals surface area contributed by atoms with Crippen LogP contribution in [-0.2, 0) is 4.79 Å². The molecule has 0 radical (unpaired) electrons. The Morgan fingerprint density at radius 2 is 2.36 bits per heavy atom. The highest BCUT2D eigenvalue weighted by molar-refractivity contribution is 7.99. The van der Waals surface area contributed by atoms with Gasteiger partial charge in [-0.3, -0.25) is 9.89 Å². The number of carbonyl (C=O) groups excluding carboxylic acids is 1. The van der Waals surface area contributed by atoms with Crippen LogP contribution in [0.5, 0.6) is 0 Å². The van der Waals surface area contributed by atoms with E-state index in [4.69, 9.17) is 0 Å². The van der Waals surface area contributed by atoms with E-state index in [1.54, 1.807) is 11.3 Å². The van der Waals surface area contributed by atoms with Crippen LogP contribution in [-0.4, -0.2) is 31.8 Å². The summed E-state index contributed by atoms with van der Waals surface area (Å²) in [5.41, 5.74) is 2.67. The second-order valence-electron chi connectivity index (χ2n) is 4.46. The van der Waals surface area contributed by atoms with Gasteiger partial charge in [-0.2, -0.15) is 5.10 Å². The number of anilines is 1. The van der Waals surface area contributed by atoms with Gasteiger partial charge in [0.25, 0.3) is 0 Å². The van der Waals surface area contributed by atoms with Crippen molar-refractivity contribution < 1.29 is 4.79 Å². The van der Waals surface area contributed by atoms with Crippen LogP contribution in [0.1, 0.15) is 5.01 Å². The summed E-state index contributed by atoms with van der Waals surface area (Å²) in [6.45, 7) is 1.97. The molecule has 0 aliphatic rings. The number of benzene rings is 1. The Kier molecular flexibility index (Phi) is 4.50. The number of rotatable bonds is 5. The average Bonchev–Trinajstić information content (AvgIpc) is 3.17. The first-order valence-corrected chi connectivity index (χ1v) is 8.38. The molecule has 1 aromatic carbocycles. The zero-order valence-corrected chi connectivity index (χ0v) is 13.4. The van der Waals surface area contributed by atoms with Crippen LogP contribution in [0.3, 0.4) is 0 Å². The van der Waals surface area contributed by atoms with Crippen molar-refractivity contribution in [1.82, 2.24) is 20.2 Å². The van der Waals surface area contributed by atoms with Gasteiger partial charge in [-0.05, 0) is 19.1 Å². The van der Waals surface area contributed by atoms with Crippen molar-refractivity contribution in [2.45, 2.75) is 12.1 Å². The predicted octanol–water partition coefficient (Wildman–Crippen LogP) is 2.97. The van der Waals surface area contributed by atoms with Gasteiger partial charge in [-0.1, -0.05) is 23.9 Å². The molecular weight excluding hydrogens is 318 g/mol. The minimum Gasteiger partial charge on any atom is -0.325 e. The first kappa shape index (κ1) is 14.7. The third-order valence-electron chi connectivity index (χ3n) is 2.79. The molecule has 0 saturated heterocycles. The molecule has 0 unspecified atom stereocenters. The van der Waals surface area contributed by atoms with Gasteiger partial charge in [0.1, 0.15) is 6.33 Å². The first-order valence-electron chi connectivity index (χ1n) is 6.51. The smallest absolute Gasteiger partial charge is 0.234 e. The number of aromatic amines is 1. The number of aryl methyl sites for hydroxylation is 1. The van der Waals surface area contributed by atoms with Crippen molar-refractivity contribution in [3.05, 3.63) is 41.0 Å². The molecule has 2 heterocycles. The monoisotopic (exact) mass is 331 g/mol. The first-order chi connectivity index (χ1) is 10.7. The van der Waals surface area contributed by atoms with Crippen molar-refractivity contribution in [3.63, 3.8) is 0 Å². The molecule has 22 heavy (non-hydrogen) atoms. The van der Waals surface area contributed by atoms with E-state index in [9.17, 15) is 4.79 Å². The molecule has 3 rings (SSSR count). The predicted molar refractivity (Wildman–Crippen MR) is 88.0 cm³/mol. The number of thiazole rings is 1. The molecule has 112 valence electrons. The maximum Gasteiger partial charge on any atom is 0.234 e. The standard InChI is InChI=1S/C14H13N5OS2/c1-9-17-12(6-21-9)10-3-2-4-11(5-10)18-13(20)7-22-14-15-8-16-19-14/h2-6,8H,7H2,1H3,(H,18,20)(H,15,16,19). The molecule has 0 bridgehead atoms. The van der Waals surface area contributed by atoms with Gasteiger partial charge < -0.3 is 5.32 Å². The van der Waals surface area contributed by atoms with Gasteiger partial charge in [0.05, 0.1) is 16.5 Å². The van der Waals surface area contributed by atoms with E-state index in [-0.39, 0.29) is 11.7 Å². The largest absolute Gasteiger partial charge is 0.325 e. The minimum absolute atomic E-state index is 0.0898. The summed E-state index contributed by atoms with van der Waals surface area (Å²) >= 11 is 2.91. The number of hydrogen-bond acceptors (Lipinski definition) is 6. The zero-order chi connectivity index (χ0) is 15.4. The molecular formula is C14H13N5OS2. The number of amides is 1.